The monoisotopic (exact) mass is 247 g/mol. The summed E-state index contributed by atoms with van der Waals surface area (Å²) in [5.41, 5.74) is 8.65. The Morgan fingerprint density at radius 2 is 1.83 bits per heavy atom. The van der Waals surface area contributed by atoms with Gasteiger partial charge in [0, 0.05) is 30.9 Å². The molecule has 1 saturated heterocycles. The Bertz CT molecular complexity index is 379. The van der Waals surface area contributed by atoms with Crippen LogP contribution in [0.1, 0.15) is 31.4 Å². The molecule has 1 aromatic carbocycles. The summed E-state index contributed by atoms with van der Waals surface area (Å²) in [5, 5.41) is 0. The molecule has 1 aromatic rings. The molecule has 3 heteroatoms. The largest absolute Gasteiger partial charge is 0.371 e. The fourth-order valence-corrected chi connectivity index (χ4v) is 2.78. The maximum atomic E-state index is 6.06. The van der Waals surface area contributed by atoms with Crippen molar-refractivity contribution in [3.8, 4) is 0 Å². The molecule has 0 spiro atoms. The van der Waals surface area contributed by atoms with Crippen molar-refractivity contribution in [2.75, 3.05) is 32.1 Å². The molecule has 3 nitrogen and oxygen atoms in total. The van der Waals surface area contributed by atoms with Crippen LogP contribution in [0.3, 0.4) is 0 Å². The van der Waals surface area contributed by atoms with Crippen LogP contribution in [0, 0.1) is 0 Å². The van der Waals surface area contributed by atoms with E-state index in [2.05, 4.69) is 55.1 Å². The maximum absolute atomic E-state index is 6.06. The van der Waals surface area contributed by atoms with Gasteiger partial charge in [0.25, 0.3) is 0 Å². The number of nitrogens with two attached hydrogens (primary N) is 1. The van der Waals surface area contributed by atoms with E-state index in [0.29, 0.717) is 0 Å². The summed E-state index contributed by atoms with van der Waals surface area (Å²) in [7, 11) is 4.35. The molecule has 0 aromatic heterocycles. The third-order valence-corrected chi connectivity index (χ3v) is 3.96. The molecule has 1 heterocycles. The minimum absolute atomic E-state index is 0.104. The van der Waals surface area contributed by atoms with Gasteiger partial charge in [-0.25, -0.2) is 0 Å². The van der Waals surface area contributed by atoms with Crippen LogP contribution in [0.15, 0.2) is 24.3 Å². The molecule has 2 rings (SSSR count). The number of hydrogen-bond acceptors (Lipinski definition) is 3. The van der Waals surface area contributed by atoms with Crippen LogP contribution in [0.2, 0.25) is 0 Å². The van der Waals surface area contributed by atoms with Crippen LogP contribution in [0.4, 0.5) is 5.69 Å². The quantitative estimate of drug-likeness (QED) is 0.889. The molecular weight excluding hydrogens is 222 g/mol. The van der Waals surface area contributed by atoms with E-state index in [9.17, 15) is 0 Å². The molecule has 2 N–H and O–H groups in total. The molecule has 0 aliphatic carbocycles. The average Bonchev–Trinajstić information content (AvgIpc) is 2.39. The molecule has 1 unspecified atom stereocenters. The SMILES string of the molecule is CC(N)c1ccccc1N1CCC(N(C)C)CC1. The fraction of sp³-hybridized carbons (Fsp3) is 0.600. The van der Waals surface area contributed by atoms with Crippen molar-refractivity contribution in [3.63, 3.8) is 0 Å². The highest BCUT2D eigenvalue weighted by atomic mass is 15.2. The van der Waals surface area contributed by atoms with Crippen LogP contribution in [-0.2, 0) is 0 Å². The number of rotatable bonds is 3. The highest BCUT2D eigenvalue weighted by molar-refractivity contribution is 5.55. The number of benzene rings is 1. The lowest BCUT2D eigenvalue weighted by molar-refractivity contribution is 0.249. The number of hydrogen-bond donors (Lipinski definition) is 1. The standard InChI is InChI=1S/C15H25N3/c1-12(16)14-6-4-5-7-15(14)18-10-8-13(9-11-18)17(2)3/h4-7,12-13H,8-11,16H2,1-3H3. The topological polar surface area (TPSA) is 32.5 Å². The lowest BCUT2D eigenvalue weighted by Crippen LogP contribution is -2.42. The Labute approximate surface area is 111 Å². The Kier molecular flexibility index (Phi) is 4.25. The first kappa shape index (κ1) is 13.4. The van der Waals surface area contributed by atoms with Crippen molar-refractivity contribution in [3.05, 3.63) is 29.8 Å². The van der Waals surface area contributed by atoms with Crippen molar-refractivity contribution >= 4 is 5.69 Å². The van der Waals surface area contributed by atoms with Crippen LogP contribution < -0.4 is 10.6 Å². The first-order chi connectivity index (χ1) is 8.59. The lowest BCUT2D eigenvalue weighted by atomic mass is 10.0. The van der Waals surface area contributed by atoms with E-state index in [-0.39, 0.29) is 6.04 Å². The summed E-state index contributed by atoms with van der Waals surface area (Å²) in [5.74, 6) is 0. The predicted molar refractivity (Wildman–Crippen MR) is 78.0 cm³/mol. The second kappa shape index (κ2) is 5.72. The van der Waals surface area contributed by atoms with Gasteiger partial charge in [-0.3, -0.25) is 0 Å². The highest BCUT2D eigenvalue weighted by Crippen LogP contribution is 2.28. The second-order valence-electron chi connectivity index (χ2n) is 5.53. The fourth-order valence-electron chi connectivity index (χ4n) is 2.78. The lowest BCUT2D eigenvalue weighted by Gasteiger charge is -2.37. The molecule has 1 aliphatic heterocycles. The number of piperidine rings is 1. The van der Waals surface area contributed by atoms with Crippen LogP contribution in [0.25, 0.3) is 0 Å². The average molecular weight is 247 g/mol. The molecular formula is C15H25N3. The van der Waals surface area contributed by atoms with Gasteiger partial charge in [-0.1, -0.05) is 18.2 Å². The minimum Gasteiger partial charge on any atom is -0.371 e. The van der Waals surface area contributed by atoms with Crippen molar-refractivity contribution in [2.24, 2.45) is 5.73 Å². The first-order valence-corrected chi connectivity index (χ1v) is 6.85. The highest BCUT2D eigenvalue weighted by Gasteiger charge is 2.22. The molecule has 1 atom stereocenters. The molecule has 1 fully saturated rings. The van der Waals surface area contributed by atoms with Gasteiger partial charge in [-0.05, 0) is 45.5 Å². The van der Waals surface area contributed by atoms with Gasteiger partial charge in [-0.2, -0.15) is 0 Å². The summed E-state index contributed by atoms with van der Waals surface area (Å²) in [6, 6.07) is 9.37. The van der Waals surface area contributed by atoms with E-state index < -0.39 is 0 Å². The molecule has 0 saturated carbocycles. The van der Waals surface area contributed by atoms with E-state index in [0.717, 1.165) is 19.1 Å². The van der Waals surface area contributed by atoms with Crippen molar-refractivity contribution in [2.45, 2.75) is 31.8 Å². The molecule has 0 radical (unpaired) electrons. The van der Waals surface area contributed by atoms with Gasteiger partial charge in [0.2, 0.25) is 0 Å². The van der Waals surface area contributed by atoms with Gasteiger partial charge in [-0.15, -0.1) is 0 Å². The molecule has 1 aliphatic rings. The second-order valence-corrected chi connectivity index (χ2v) is 5.53. The minimum atomic E-state index is 0.104. The summed E-state index contributed by atoms with van der Waals surface area (Å²) in [6.07, 6.45) is 2.47. The van der Waals surface area contributed by atoms with Gasteiger partial charge < -0.3 is 15.5 Å². The summed E-state index contributed by atoms with van der Waals surface area (Å²) < 4.78 is 0. The van der Waals surface area contributed by atoms with Crippen molar-refractivity contribution in [1.29, 1.82) is 0 Å². The normalized spacial score (nSPS) is 19.3. The molecule has 0 amide bonds. The van der Waals surface area contributed by atoms with E-state index >= 15 is 0 Å². The maximum Gasteiger partial charge on any atom is 0.0414 e. The van der Waals surface area contributed by atoms with Gasteiger partial charge in [0.05, 0.1) is 0 Å². The zero-order valence-electron chi connectivity index (χ0n) is 11.8. The van der Waals surface area contributed by atoms with Crippen LogP contribution in [0.5, 0.6) is 0 Å². The zero-order valence-corrected chi connectivity index (χ0v) is 11.8. The van der Waals surface area contributed by atoms with Crippen LogP contribution >= 0.6 is 0 Å². The molecule has 18 heavy (non-hydrogen) atoms. The van der Waals surface area contributed by atoms with Crippen molar-refractivity contribution in [1.82, 2.24) is 4.90 Å². The van der Waals surface area contributed by atoms with Gasteiger partial charge in [0.15, 0.2) is 0 Å². The number of para-hydroxylation sites is 1. The van der Waals surface area contributed by atoms with E-state index in [1.807, 2.05) is 0 Å². The summed E-state index contributed by atoms with van der Waals surface area (Å²) in [4.78, 5) is 4.83. The van der Waals surface area contributed by atoms with Gasteiger partial charge >= 0.3 is 0 Å². The first-order valence-electron chi connectivity index (χ1n) is 6.85. The smallest absolute Gasteiger partial charge is 0.0414 e. The Morgan fingerprint density at radius 1 is 1.22 bits per heavy atom. The van der Waals surface area contributed by atoms with Crippen molar-refractivity contribution < 1.29 is 0 Å². The van der Waals surface area contributed by atoms with E-state index in [4.69, 9.17) is 5.73 Å². The summed E-state index contributed by atoms with van der Waals surface area (Å²) >= 11 is 0. The Balaban J connectivity index is 2.10. The third kappa shape index (κ3) is 2.85. The Morgan fingerprint density at radius 3 is 2.39 bits per heavy atom. The number of anilines is 1. The van der Waals surface area contributed by atoms with Gasteiger partial charge in [0.1, 0.15) is 0 Å². The summed E-state index contributed by atoms with van der Waals surface area (Å²) in [6.45, 7) is 4.32. The molecule has 0 bridgehead atoms. The predicted octanol–water partition coefficient (Wildman–Crippen LogP) is 2.24. The number of nitrogens with zero attached hydrogens (tertiary/aromatic N) is 2. The van der Waals surface area contributed by atoms with E-state index in [1.165, 1.54) is 24.1 Å². The molecule has 100 valence electrons. The third-order valence-electron chi connectivity index (χ3n) is 3.96. The zero-order chi connectivity index (χ0) is 13.1. The van der Waals surface area contributed by atoms with E-state index in [1.54, 1.807) is 0 Å². The Hall–Kier alpha value is -1.06. The van der Waals surface area contributed by atoms with Crippen LogP contribution in [-0.4, -0.2) is 38.1 Å².